The maximum Gasteiger partial charge on any atom is 0.264 e. The van der Waals surface area contributed by atoms with E-state index in [1.165, 1.54) is 18.2 Å². The van der Waals surface area contributed by atoms with E-state index in [2.05, 4.69) is 0 Å². The lowest BCUT2D eigenvalue weighted by atomic mass is 10.1. The highest BCUT2D eigenvalue weighted by atomic mass is 35.7. The first kappa shape index (κ1) is 12.4. The van der Waals surface area contributed by atoms with E-state index in [-0.39, 0.29) is 11.1 Å². The van der Waals surface area contributed by atoms with E-state index >= 15 is 0 Å². The van der Waals surface area contributed by atoms with Crippen molar-refractivity contribution < 1.29 is 17.2 Å². The average molecular weight is 255 g/mol. The first-order valence-electron chi connectivity index (χ1n) is 4.09. The third-order valence-electron chi connectivity index (χ3n) is 1.92. The predicted octanol–water partition coefficient (Wildman–Crippen LogP) is 3.00. The molecule has 0 aliphatic heterocycles. The summed E-state index contributed by atoms with van der Waals surface area (Å²) in [5.41, 5.74) is 0.541. The maximum atomic E-state index is 12.5. The van der Waals surface area contributed by atoms with Crippen molar-refractivity contribution >= 4 is 19.7 Å². The van der Waals surface area contributed by atoms with Crippen LogP contribution in [0.5, 0.6) is 0 Å². The smallest absolute Gasteiger partial charge is 0.212 e. The summed E-state index contributed by atoms with van der Waals surface area (Å²) in [6, 6.07) is 4.10. The van der Waals surface area contributed by atoms with Crippen LogP contribution in [0, 0.1) is 6.92 Å². The number of aryl methyl sites for hydroxylation is 1. The number of halogens is 3. The van der Waals surface area contributed by atoms with Crippen molar-refractivity contribution in [1.29, 1.82) is 0 Å². The summed E-state index contributed by atoms with van der Waals surface area (Å²) in [4.78, 5) is 0. The molecule has 0 unspecified atom stereocenters. The number of alkyl halides is 2. The van der Waals surface area contributed by atoms with Gasteiger partial charge >= 0.3 is 0 Å². The molecule has 0 spiro atoms. The van der Waals surface area contributed by atoms with Crippen LogP contribution < -0.4 is 0 Å². The number of hydrogen-bond donors (Lipinski definition) is 0. The van der Waals surface area contributed by atoms with Gasteiger partial charge < -0.3 is 0 Å². The molecule has 2 nitrogen and oxygen atoms in total. The second kappa shape index (κ2) is 4.45. The van der Waals surface area contributed by atoms with E-state index < -0.39 is 21.2 Å². The van der Waals surface area contributed by atoms with Crippen LogP contribution in [0.25, 0.3) is 0 Å². The Balaban J connectivity index is 3.08. The van der Waals surface area contributed by atoms with Gasteiger partial charge in [-0.2, -0.15) is 0 Å². The van der Waals surface area contributed by atoms with E-state index in [1.807, 2.05) is 0 Å². The zero-order valence-corrected chi connectivity index (χ0v) is 9.45. The van der Waals surface area contributed by atoms with Crippen molar-refractivity contribution in [1.82, 2.24) is 0 Å². The Morgan fingerprint density at radius 2 is 2.00 bits per heavy atom. The summed E-state index contributed by atoms with van der Waals surface area (Å²) in [6.07, 6.45) is -2.61. The van der Waals surface area contributed by atoms with Gasteiger partial charge in [-0.1, -0.05) is 12.1 Å². The number of benzene rings is 1. The molecule has 0 saturated carbocycles. The molecule has 0 heterocycles. The minimum atomic E-state index is -3.71. The van der Waals surface area contributed by atoms with Crippen LogP contribution in [0.3, 0.4) is 0 Å². The summed E-state index contributed by atoms with van der Waals surface area (Å²) in [5.74, 6) is -0.436. The van der Waals surface area contributed by atoms with Gasteiger partial charge in [0, 0.05) is 16.2 Å². The van der Waals surface area contributed by atoms with Crippen LogP contribution in [0.1, 0.15) is 23.1 Å². The first-order chi connectivity index (χ1) is 6.79. The summed E-state index contributed by atoms with van der Waals surface area (Å²) in [7, 11) is 1.32. The van der Waals surface area contributed by atoms with E-state index in [4.69, 9.17) is 10.7 Å². The van der Waals surface area contributed by atoms with Gasteiger partial charge in [0.1, 0.15) is 0 Å². The molecule has 0 bridgehead atoms. The van der Waals surface area contributed by atoms with Crippen LogP contribution in [-0.4, -0.2) is 8.42 Å². The highest BCUT2D eigenvalue weighted by molar-refractivity contribution is 8.13. The van der Waals surface area contributed by atoms with Crippen molar-refractivity contribution in [3.63, 3.8) is 0 Å². The summed E-state index contributed by atoms with van der Waals surface area (Å²) >= 11 is 0. The zero-order valence-electron chi connectivity index (χ0n) is 7.88. The Labute approximate surface area is 91.3 Å². The monoisotopic (exact) mass is 254 g/mol. The Bertz CT molecular complexity index is 457. The van der Waals surface area contributed by atoms with Crippen molar-refractivity contribution in [3.05, 3.63) is 34.9 Å². The lowest BCUT2D eigenvalue weighted by Gasteiger charge is -2.06. The second-order valence-corrected chi connectivity index (χ2v) is 5.95. The first-order valence-corrected chi connectivity index (χ1v) is 6.57. The normalized spacial score (nSPS) is 12.1. The fourth-order valence-electron chi connectivity index (χ4n) is 1.21. The highest BCUT2D eigenvalue weighted by Gasteiger charge is 2.13. The average Bonchev–Trinajstić information content (AvgIpc) is 2.05. The predicted molar refractivity (Wildman–Crippen MR) is 54.6 cm³/mol. The molecule has 6 heteroatoms. The minimum Gasteiger partial charge on any atom is -0.212 e. The molecule has 0 aromatic heterocycles. The van der Waals surface area contributed by atoms with Gasteiger partial charge in [-0.25, -0.2) is 17.2 Å². The van der Waals surface area contributed by atoms with Gasteiger partial charge in [-0.05, 0) is 24.1 Å². The molecule has 0 fully saturated rings. The largest absolute Gasteiger partial charge is 0.264 e. The van der Waals surface area contributed by atoms with Crippen molar-refractivity contribution in [2.45, 2.75) is 19.1 Å². The van der Waals surface area contributed by atoms with Gasteiger partial charge in [-0.15, -0.1) is 0 Å². The molecule has 1 aromatic carbocycles. The van der Waals surface area contributed by atoms with E-state index in [1.54, 1.807) is 6.92 Å². The van der Waals surface area contributed by atoms with E-state index in [9.17, 15) is 17.2 Å². The quantitative estimate of drug-likeness (QED) is 0.777. The van der Waals surface area contributed by atoms with Crippen molar-refractivity contribution in [2.24, 2.45) is 0 Å². The summed E-state index contributed by atoms with van der Waals surface area (Å²) in [6.45, 7) is 1.54. The molecular formula is C9H9ClF2O2S. The molecule has 84 valence electrons. The third-order valence-corrected chi connectivity index (χ3v) is 2.92. The van der Waals surface area contributed by atoms with Crippen LogP contribution >= 0.6 is 10.7 Å². The van der Waals surface area contributed by atoms with Crippen molar-refractivity contribution in [2.75, 3.05) is 0 Å². The molecule has 0 amide bonds. The fourth-order valence-corrected chi connectivity index (χ4v) is 2.17. The molecular weight excluding hydrogens is 246 g/mol. The topological polar surface area (TPSA) is 34.1 Å². The van der Waals surface area contributed by atoms with Crippen LogP contribution in [0.4, 0.5) is 8.78 Å². The maximum absolute atomic E-state index is 12.5. The Kier molecular flexibility index (Phi) is 3.67. The molecule has 0 N–H and O–H groups in total. The SMILES string of the molecule is Cc1ccc(CS(=O)(=O)Cl)cc1C(F)F. The van der Waals surface area contributed by atoms with Crippen LogP contribution in [0.2, 0.25) is 0 Å². The van der Waals surface area contributed by atoms with E-state index in [0.717, 1.165) is 0 Å². The fraction of sp³-hybridized carbons (Fsp3) is 0.333. The lowest BCUT2D eigenvalue weighted by molar-refractivity contribution is 0.150. The molecule has 1 aromatic rings. The van der Waals surface area contributed by atoms with Crippen LogP contribution in [0.15, 0.2) is 18.2 Å². The van der Waals surface area contributed by atoms with Gasteiger partial charge in [0.25, 0.3) is 6.43 Å². The molecule has 15 heavy (non-hydrogen) atoms. The molecule has 0 aliphatic rings. The number of hydrogen-bond acceptors (Lipinski definition) is 2. The summed E-state index contributed by atoms with van der Waals surface area (Å²) in [5, 5.41) is 0. The second-order valence-electron chi connectivity index (χ2n) is 3.17. The minimum absolute atomic E-state index is 0.159. The summed E-state index contributed by atoms with van der Waals surface area (Å²) < 4.78 is 46.4. The molecule has 0 atom stereocenters. The lowest BCUT2D eigenvalue weighted by Crippen LogP contribution is -1.98. The molecule has 0 saturated heterocycles. The van der Waals surface area contributed by atoms with Gasteiger partial charge in [0.05, 0.1) is 5.75 Å². The zero-order chi connectivity index (χ0) is 11.6. The molecule has 0 radical (unpaired) electrons. The molecule has 0 aliphatic carbocycles. The third kappa shape index (κ3) is 3.76. The van der Waals surface area contributed by atoms with Crippen molar-refractivity contribution in [3.8, 4) is 0 Å². The molecule has 1 rings (SSSR count). The Morgan fingerprint density at radius 1 is 1.40 bits per heavy atom. The van der Waals surface area contributed by atoms with Gasteiger partial charge in [-0.3, -0.25) is 0 Å². The van der Waals surface area contributed by atoms with Gasteiger partial charge in [0.15, 0.2) is 0 Å². The number of rotatable bonds is 3. The standard InChI is InChI=1S/C9H9ClF2O2S/c1-6-2-3-7(5-15(10,13)14)4-8(6)9(11)12/h2-4,9H,5H2,1H3. The highest BCUT2D eigenvalue weighted by Crippen LogP contribution is 2.24. The van der Waals surface area contributed by atoms with E-state index in [0.29, 0.717) is 5.56 Å². The Morgan fingerprint density at radius 3 is 2.47 bits per heavy atom. The Hall–Kier alpha value is -0.680. The van der Waals surface area contributed by atoms with Gasteiger partial charge in [0.2, 0.25) is 9.05 Å². The van der Waals surface area contributed by atoms with Crippen LogP contribution in [-0.2, 0) is 14.8 Å².